The van der Waals surface area contributed by atoms with E-state index in [1.54, 1.807) is 18.6 Å². The summed E-state index contributed by atoms with van der Waals surface area (Å²) in [6.07, 6.45) is 5.20. The number of oxazole rings is 1. The van der Waals surface area contributed by atoms with Crippen molar-refractivity contribution in [2.24, 2.45) is 0 Å². The molecule has 4 heterocycles. The highest BCUT2D eigenvalue weighted by atomic mass is 16.4. The molecule has 3 aromatic heterocycles. The first-order chi connectivity index (χ1) is 17.6. The maximum atomic E-state index is 5.89. The van der Waals surface area contributed by atoms with Crippen molar-refractivity contribution in [3.63, 3.8) is 0 Å². The molecule has 36 heavy (non-hydrogen) atoms. The van der Waals surface area contributed by atoms with Gasteiger partial charge in [0.15, 0.2) is 5.76 Å². The van der Waals surface area contributed by atoms with Gasteiger partial charge in [-0.3, -0.25) is 9.88 Å². The van der Waals surface area contributed by atoms with Crippen molar-refractivity contribution in [2.45, 2.75) is 13.5 Å². The molecule has 1 fully saturated rings. The van der Waals surface area contributed by atoms with Gasteiger partial charge in [0, 0.05) is 61.9 Å². The zero-order chi connectivity index (χ0) is 24.5. The minimum Gasteiger partial charge on any atom is -0.423 e. The summed E-state index contributed by atoms with van der Waals surface area (Å²) in [6, 6.07) is 17.1. The summed E-state index contributed by atoms with van der Waals surface area (Å²) in [4.78, 5) is 21.7. The van der Waals surface area contributed by atoms with Crippen molar-refractivity contribution in [3.8, 4) is 22.7 Å². The summed E-state index contributed by atoms with van der Waals surface area (Å²) in [7, 11) is 2.19. The molecule has 0 amide bonds. The first kappa shape index (κ1) is 22.5. The van der Waals surface area contributed by atoms with E-state index in [9.17, 15) is 0 Å². The number of piperazine rings is 1. The second kappa shape index (κ2) is 9.56. The number of hydrogen-bond donors (Lipinski definition) is 2. The SMILES string of the molecule is Cc1cc2nc(-c3ccc(CN4CCN(C)CC4)cc3)[nH]c2cc1Nc1ncc(-c2cccnc2)o1. The molecule has 8 heteroatoms. The molecule has 0 radical (unpaired) electrons. The molecule has 8 nitrogen and oxygen atoms in total. The predicted molar refractivity (Wildman–Crippen MR) is 142 cm³/mol. The summed E-state index contributed by atoms with van der Waals surface area (Å²) in [5, 5.41) is 3.30. The third-order valence-electron chi connectivity index (χ3n) is 6.75. The van der Waals surface area contributed by atoms with Gasteiger partial charge < -0.3 is 19.6 Å². The van der Waals surface area contributed by atoms with E-state index in [2.05, 4.69) is 73.5 Å². The van der Waals surface area contributed by atoms with Crippen LogP contribution in [0.2, 0.25) is 0 Å². The van der Waals surface area contributed by atoms with Crippen molar-refractivity contribution in [1.29, 1.82) is 0 Å². The fourth-order valence-corrected chi connectivity index (χ4v) is 4.55. The molecule has 2 N–H and O–H groups in total. The minimum absolute atomic E-state index is 0.437. The van der Waals surface area contributed by atoms with Gasteiger partial charge in [0.25, 0.3) is 6.01 Å². The highest BCUT2D eigenvalue weighted by Gasteiger charge is 2.15. The van der Waals surface area contributed by atoms with Crippen LogP contribution in [0.5, 0.6) is 0 Å². The molecule has 6 rings (SSSR count). The van der Waals surface area contributed by atoms with Crippen LogP contribution in [-0.4, -0.2) is 63.0 Å². The maximum Gasteiger partial charge on any atom is 0.299 e. The Labute approximate surface area is 210 Å². The van der Waals surface area contributed by atoms with Gasteiger partial charge in [-0.25, -0.2) is 9.97 Å². The van der Waals surface area contributed by atoms with Crippen molar-refractivity contribution >= 4 is 22.7 Å². The summed E-state index contributed by atoms with van der Waals surface area (Å²) >= 11 is 0. The highest BCUT2D eigenvalue weighted by molar-refractivity contribution is 5.85. The van der Waals surface area contributed by atoms with Crippen LogP contribution in [0, 0.1) is 6.92 Å². The van der Waals surface area contributed by atoms with Gasteiger partial charge in [0.1, 0.15) is 5.82 Å². The first-order valence-electron chi connectivity index (χ1n) is 12.2. The van der Waals surface area contributed by atoms with Crippen LogP contribution in [0.15, 0.2) is 71.5 Å². The third kappa shape index (κ3) is 4.73. The normalized spacial score (nSPS) is 14.9. The molecule has 0 aliphatic carbocycles. The number of hydrogen-bond acceptors (Lipinski definition) is 7. The topological polar surface area (TPSA) is 86.1 Å². The number of rotatable bonds is 6. The Morgan fingerprint density at radius 2 is 1.83 bits per heavy atom. The lowest BCUT2D eigenvalue weighted by Crippen LogP contribution is -2.43. The van der Waals surface area contributed by atoms with Gasteiger partial charge in [0.2, 0.25) is 0 Å². The summed E-state index contributed by atoms with van der Waals surface area (Å²) in [6.45, 7) is 7.55. The smallest absolute Gasteiger partial charge is 0.299 e. The van der Waals surface area contributed by atoms with Gasteiger partial charge in [-0.2, -0.15) is 0 Å². The molecule has 0 atom stereocenters. The van der Waals surface area contributed by atoms with E-state index >= 15 is 0 Å². The summed E-state index contributed by atoms with van der Waals surface area (Å²) in [5.41, 5.74) is 7.16. The Morgan fingerprint density at radius 1 is 1.00 bits per heavy atom. The Hall–Kier alpha value is -4.01. The fraction of sp³-hybridized carbons (Fsp3) is 0.250. The molecule has 0 saturated carbocycles. The number of pyridine rings is 1. The minimum atomic E-state index is 0.437. The van der Waals surface area contributed by atoms with Crippen molar-refractivity contribution in [3.05, 3.63) is 78.2 Å². The van der Waals surface area contributed by atoms with Crippen LogP contribution in [0.1, 0.15) is 11.1 Å². The number of fused-ring (bicyclic) bond motifs is 1. The molecular weight excluding hydrogens is 450 g/mol. The Bertz CT molecular complexity index is 1470. The average Bonchev–Trinajstić information content (AvgIpc) is 3.54. The largest absolute Gasteiger partial charge is 0.423 e. The number of likely N-dealkylation sites (N-methyl/N-ethyl adjacent to an activating group) is 1. The number of benzene rings is 2. The number of nitrogens with one attached hydrogen (secondary N) is 2. The Kier molecular flexibility index (Phi) is 5.96. The lowest BCUT2D eigenvalue weighted by Gasteiger charge is -2.32. The van der Waals surface area contributed by atoms with Crippen LogP contribution < -0.4 is 5.32 Å². The van der Waals surface area contributed by atoms with Crippen LogP contribution in [0.3, 0.4) is 0 Å². The average molecular weight is 480 g/mol. The molecule has 1 aliphatic heterocycles. The number of aromatic amines is 1. The van der Waals surface area contributed by atoms with Crippen LogP contribution >= 0.6 is 0 Å². The lowest BCUT2D eigenvalue weighted by molar-refractivity contribution is 0.148. The van der Waals surface area contributed by atoms with Crippen LogP contribution in [0.4, 0.5) is 11.7 Å². The summed E-state index contributed by atoms with van der Waals surface area (Å²) < 4.78 is 5.89. The Morgan fingerprint density at radius 3 is 2.61 bits per heavy atom. The third-order valence-corrected chi connectivity index (χ3v) is 6.75. The van der Waals surface area contributed by atoms with E-state index in [1.807, 2.05) is 19.1 Å². The van der Waals surface area contributed by atoms with Crippen molar-refractivity contribution < 1.29 is 4.42 Å². The lowest BCUT2D eigenvalue weighted by atomic mass is 10.1. The second-order valence-corrected chi connectivity index (χ2v) is 9.44. The van der Waals surface area contributed by atoms with E-state index in [0.717, 1.165) is 72.0 Å². The van der Waals surface area contributed by atoms with Gasteiger partial charge in [-0.1, -0.05) is 24.3 Å². The Balaban J connectivity index is 1.18. The number of nitrogens with zero attached hydrogens (tertiary/aromatic N) is 5. The van der Waals surface area contributed by atoms with Crippen LogP contribution in [-0.2, 0) is 6.54 Å². The number of aromatic nitrogens is 4. The zero-order valence-electron chi connectivity index (χ0n) is 20.5. The molecule has 0 bridgehead atoms. The molecule has 5 aromatic rings. The molecule has 0 unspecified atom stereocenters. The monoisotopic (exact) mass is 479 g/mol. The van der Waals surface area contributed by atoms with E-state index in [1.165, 1.54) is 5.56 Å². The van der Waals surface area contributed by atoms with Gasteiger partial charge in [0.05, 0.1) is 17.2 Å². The number of imidazole rings is 1. The predicted octanol–water partition coefficient (Wildman–Crippen LogP) is 5.08. The van der Waals surface area contributed by atoms with Gasteiger partial charge >= 0.3 is 0 Å². The van der Waals surface area contributed by atoms with E-state index in [4.69, 9.17) is 9.40 Å². The maximum absolute atomic E-state index is 5.89. The van der Waals surface area contributed by atoms with Crippen LogP contribution in [0.25, 0.3) is 33.7 Å². The van der Waals surface area contributed by atoms with Gasteiger partial charge in [-0.05, 0) is 49.4 Å². The molecule has 182 valence electrons. The van der Waals surface area contributed by atoms with E-state index < -0.39 is 0 Å². The molecule has 1 aliphatic rings. The number of aryl methyl sites for hydroxylation is 1. The van der Waals surface area contributed by atoms with E-state index in [0.29, 0.717) is 11.8 Å². The molecular formula is C28H29N7O. The zero-order valence-corrected chi connectivity index (χ0v) is 20.5. The number of H-pyrrole nitrogens is 1. The molecule has 0 spiro atoms. The fourth-order valence-electron chi connectivity index (χ4n) is 4.55. The van der Waals surface area contributed by atoms with E-state index in [-0.39, 0.29) is 0 Å². The summed E-state index contributed by atoms with van der Waals surface area (Å²) in [5.74, 6) is 1.53. The van der Waals surface area contributed by atoms with Gasteiger partial charge in [-0.15, -0.1) is 0 Å². The molecule has 1 saturated heterocycles. The quantitative estimate of drug-likeness (QED) is 0.351. The molecule has 2 aromatic carbocycles. The second-order valence-electron chi connectivity index (χ2n) is 9.44. The van der Waals surface area contributed by atoms with Crippen molar-refractivity contribution in [2.75, 3.05) is 38.5 Å². The highest BCUT2D eigenvalue weighted by Crippen LogP contribution is 2.29. The number of anilines is 2. The standard InChI is InChI=1S/C28H29N7O/c1-19-14-24-25(15-23(19)33-28-30-17-26(36-28)22-4-3-9-29-16-22)32-27(31-24)21-7-5-20(6-8-21)18-35-12-10-34(2)11-13-35/h3-9,14-17H,10-13,18H2,1-2H3,(H,30,33)(H,31,32). The first-order valence-corrected chi connectivity index (χ1v) is 12.2. The van der Waals surface area contributed by atoms with Crippen molar-refractivity contribution in [1.82, 2.24) is 29.7 Å².